The smallest absolute Gasteiger partial charge is 0.269 e. The summed E-state index contributed by atoms with van der Waals surface area (Å²) in [5, 5.41) is 0. The highest BCUT2D eigenvalue weighted by Gasteiger charge is 2.31. The number of unbranched alkanes of at least 4 members (excludes halogenated alkanes) is 1. The fourth-order valence-corrected chi connectivity index (χ4v) is 3.13. The van der Waals surface area contributed by atoms with Crippen molar-refractivity contribution in [2.24, 2.45) is 0 Å². The molecule has 0 N–H and O–H groups in total. The first kappa shape index (κ1) is 15.2. The van der Waals surface area contributed by atoms with Gasteiger partial charge < -0.3 is 9.16 Å². The number of ether oxygens (including phenoxy) is 1. The Kier molecular flexibility index (Phi) is 4.92. The second kappa shape index (κ2) is 6.49. The monoisotopic (exact) mass is 290 g/mol. The van der Waals surface area contributed by atoms with Crippen molar-refractivity contribution in [1.29, 1.82) is 0 Å². The zero-order valence-electron chi connectivity index (χ0n) is 13.1. The third-order valence-corrected chi connectivity index (χ3v) is 4.15. The van der Waals surface area contributed by atoms with Crippen LogP contribution in [0.2, 0.25) is 19.6 Å². The van der Waals surface area contributed by atoms with Gasteiger partial charge in [0.1, 0.15) is 6.10 Å². The largest absolute Gasteiger partial charge is 0.519 e. The first-order chi connectivity index (χ1) is 9.49. The van der Waals surface area contributed by atoms with Crippen LogP contribution in [0.15, 0.2) is 36.3 Å². The molecule has 0 aliphatic carbocycles. The van der Waals surface area contributed by atoms with Gasteiger partial charge in [-0.1, -0.05) is 50.1 Å². The van der Waals surface area contributed by atoms with E-state index in [1.165, 1.54) is 24.0 Å². The first-order valence-corrected chi connectivity index (χ1v) is 11.0. The summed E-state index contributed by atoms with van der Waals surface area (Å²) in [6, 6.07) is 10.5. The molecule has 0 aromatic heterocycles. The molecule has 0 bridgehead atoms. The Hall–Kier alpha value is -1.22. The topological polar surface area (TPSA) is 18.5 Å². The molecule has 1 heterocycles. The van der Waals surface area contributed by atoms with E-state index in [-0.39, 0.29) is 6.10 Å². The predicted molar refractivity (Wildman–Crippen MR) is 86.8 cm³/mol. The van der Waals surface area contributed by atoms with E-state index in [1.54, 1.807) is 0 Å². The molecule has 0 saturated heterocycles. The van der Waals surface area contributed by atoms with Crippen LogP contribution in [0.1, 0.15) is 38.2 Å². The van der Waals surface area contributed by atoms with Gasteiger partial charge in [-0.25, -0.2) is 0 Å². The minimum atomic E-state index is -1.64. The highest BCUT2D eigenvalue weighted by molar-refractivity contribution is 6.70. The highest BCUT2D eigenvalue weighted by Crippen LogP contribution is 2.36. The number of hydrogen-bond acceptors (Lipinski definition) is 2. The van der Waals surface area contributed by atoms with Crippen LogP contribution in [0, 0.1) is 0 Å². The number of benzene rings is 1. The number of hydrogen-bond donors (Lipinski definition) is 0. The van der Waals surface area contributed by atoms with E-state index in [4.69, 9.17) is 9.16 Å². The Labute approximate surface area is 123 Å². The lowest BCUT2D eigenvalue weighted by Gasteiger charge is -2.21. The van der Waals surface area contributed by atoms with E-state index in [1.807, 2.05) is 6.07 Å². The van der Waals surface area contributed by atoms with Crippen molar-refractivity contribution >= 4 is 13.9 Å². The predicted octanol–water partition coefficient (Wildman–Crippen LogP) is 5.19. The van der Waals surface area contributed by atoms with Gasteiger partial charge >= 0.3 is 0 Å². The van der Waals surface area contributed by atoms with Crippen molar-refractivity contribution in [3.63, 3.8) is 0 Å². The Balaban J connectivity index is 2.19. The second-order valence-corrected chi connectivity index (χ2v) is 10.9. The van der Waals surface area contributed by atoms with Crippen LogP contribution >= 0.6 is 0 Å². The van der Waals surface area contributed by atoms with E-state index < -0.39 is 8.32 Å². The maximum atomic E-state index is 6.17. The molecule has 2 nitrogen and oxygen atoms in total. The van der Waals surface area contributed by atoms with E-state index >= 15 is 0 Å². The number of rotatable bonds is 6. The summed E-state index contributed by atoms with van der Waals surface area (Å²) in [6.45, 7) is 8.82. The first-order valence-electron chi connectivity index (χ1n) is 7.64. The molecule has 1 aliphatic rings. The summed E-state index contributed by atoms with van der Waals surface area (Å²) in [7, 11) is -1.64. The van der Waals surface area contributed by atoms with Gasteiger partial charge in [0, 0.05) is 12.0 Å². The maximum absolute atomic E-state index is 6.17. The molecule has 3 heteroatoms. The Morgan fingerprint density at radius 2 is 1.90 bits per heavy atom. The lowest BCUT2D eigenvalue weighted by molar-refractivity contribution is 0.0597. The van der Waals surface area contributed by atoms with Crippen molar-refractivity contribution in [3.05, 3.63) is 41.8 Å². The van der Waals surface area contributed by atoms with Crippen molar-refractivity contribution in [1.82, 2.24) is 0 Å². The molecule has 1 atom stereocenters. The zero-order valence-corrected chi connectivity index (χ0v) is 14.1. The Morgan fingerprint density at radius 1 is 1.20 bits per heavy atom. The van der Waals surface area contributed by atoms with Crippen molar-refractivity contribution in [2.75, 3.05) is 0 Å². The summed E-state index contributed by atoms with van der Waals surface area (Å²) in [4.78, 5) is 0. The van der Waals surface area contributed by atoms with Gasteiger partial charge in [0.05, 0.1) is 0 Å². The molecular formula is C17H26O2Si. The Morgan fingerprint density at radius 3 is 2.50 bits per heavy atom. The van der Waals surface area contributed by atoms with Crippen molar-refractivity contribution in [2.45, 2.75) is 58.4 Å². The minimum Gasteiger partial charge on any atom is -0.519 e. The van der Waals surface area contributed by atoms with Crippen LogP contribution in [-0.4, -0.2) is 14.4 Å². The van der Waals surface area contributed by atoms with Gasteiger partial charge in [-0.05, 0) is 31.6 Å². The third kappa shape index (κ3) is 4.14. The molecule has 1 aromatic rings. The second-order valence-electron chi connectivity index (χ2n) is 6.43. The van der Waals surface area contributed by atoms with Crippen molar-refractivity contribution in [3.8, 4) is 0 Å². The van der Waals surface area contributed by atoms with Crippen molar-refractivity contribution < 1.29 is 9.16 Å². The molecule has 0 radical (unpaired) electrons. The van der Waals surface area contributed by atoms with Crippen LogP contribution in [0.3, 0.4) is 0 Å². The average Bonchev–Trinajstić information content (AvgIpc) is 2.78. The highest BCUT2D eigenvalue weighted by atomic mass is 28.4. The van der Waals surface area contributed by atoms with Gasteiger partial charge in [-0.3, -0.25) is 0 Å². The molecule has 0 amide bonds. The summed E-state index contributed by atoms with van der Waals surface area (Å²) in [5.74, 6) is 0.788. The standard InChI is InChI=1S/C17H26O2Si/c1-5-6-12-15-13-16(14-10-8-7-9-11-14)17(18-15)19-20(2,3)4/h7-11,15H,5-6,12-13H2,1-4H3. The van der Waals surface area contributed by atoms with E-state index in [2.05, 4.69) is 50.8 Å². The van der Waals surface area contributed by atoms with Gasteiger partial charge in [-0.2, -0.15) is 0 Å². The van der Waals surface area contributed by atoms with Gasteiger partial charge in [0.15, 0.2) is 0 Å². The fourth-order valence-electron chi connectivity index (χ4n) is 2.41. The third-order valence-electron chi connectivity index (χ3n) is 3.35. The van der Waals surface area contributed by atoms with Crippen LogP contribution in [0.25, 0.3) is 5.57 Å². The molecule has 0 fully saturated rings. The van der Waals surface area contributed by atoms with E-state index in [9.17, 15) is 0 Å². The summed E-state index contributed by atoms with van der Waals surface area (Å²) < 4.78 is 12.3. The molecule has 0 spiro atoms. The zero-order chi connectivity index (χ0) is 14.6. The SMILES string of the molecule is CCCCC1CC(c2ccccc2)=C(O[Si](C)(C)C)O1. The van der Waals surface area contributed by atoms with E-state index in [0.29, 0.717) is 0 Å². The molecule has 20 heavy (non-hydrogen) atoms. The Bertz CT molecular complexity index is 460. The van der Waals surface area contributed by atoms with Gasteiger partial charge in [-0.15, -0.1) is 0 Å². The summed E-state index contributed by atoms with van der Waals surface area (Å²) in [6.07, 6.45) is 4.81. The fraction of sp³-hybridized carbons (Fsp3) is 0.529. The molecule has 1 aliphatic heterocycles. The van der Waals surface area contributed by atoms with Crippen LogP contribution in [0.4, 0.5) is 0 Å². The van der Waals surface area contributed by atoms with E-state index in [0.717, 1.165) is 18.8 Å². The lowest BCUT2D eigenvalue weighted by atomic mass is 10.0. The minimum absolute atomic E-state index is 0.288. The molecule has 1 unspecified atom stereocenters. The van der Waals surface area contributed by atoms with Gasteiger partial charge in [0.2, 0.25) is 8.32 Å². The molecule has 2 rings (SSSR count). The molecule has 0 saturated carbocycles. The summed E-state index contributed by atoms with van der Waals surface area (Å²) in [5.41, 5.74) is 2.48. The van der Waals surface area contributed by atoms with Crippen LogP contribution in [0.5, 0.6) is 0 Å². The van der Waals surface area contributed by atoms with Crippen LogP contribution < -0.4 is 0 Å². The van der Waals surface area contributed by atoms with Gasteiger partial charge in [0.25, 0.3) is 5.95 Å². The molecular weight excluding hydrogens is 264 g/mol. The summed E-state index contributed by atoms with van der Waals surface area (Å²) >= 11 is 0. The normalized spacial score (nSPS) is 19.1. The maximum Gasteiger partial charge on any atom is 0.269 e. The molecule has 1 aromatic carbocycles. The van der Waals surface area contributed by atoms with Crippen LogP contribution in [-0.2, 0) is 9.16 Å². The quantitative estimate of drug-likeness (QED) is 0.672. The molecule has 110 valence electrons. The average molecular weight is 290 g/mol. The lowest BCUT2D eigenvalue weighted by Crippen LogP contribution is -2.25.